The number of thiophene rings is 1. The van der Waals surface area contributed by atoms with Crippen LogP contribution >= 0.6 is 11.3 Å². The molecule has 3 nitrogen and oxygen atoms in total. The quantitative estimate of drug-likeness (QED) is 0.196. The van der Waals surface area contributed by atoms with E-state index in [9.17, 15) is 0 Å². The molecule has 0 radical (unpaired) electrons. The predicted molar refractivity (Wildman–Crippen MR) is 189 cm³/mol. The van der Waals surface area contributed by atoms with Gasteiger partial charge in [-0.2, -0.15) is 4.99 Å². The standard InChI is InChI=1S/C41H29N3S/c1-41(2)32-16-8-5-13-27(32)30-22-26(19-20-33(30)41)37-39-38(29-15-7-10-18-36(29)45-39)43-40(42-37)44-34-17-9-6-14-28(34)31-21-24-11-3-4-12-25(24)23-35(31)44/h3-23,37H,1-2H3,(H,42,43)/p+1. The Bertz CT molecular complexity index is 2560. The SMILES string of the molecule is CC1(C)c2ccccc2-c2cc(C3[NH2+]C(n4c5ccccc5c5cc6ccccc6cc54)=Nc4c3sc3ccccc43)ccc21. The van der Waals surface area contributed by atoms with Crippen molar-refractivity contribution in [2.24, 2.45) is 4.99 Å². The Kier molecular flexibility index (Phi) is 5.07. The maximum Gasteiger partial charge on any atom is 0.312 e. The molecule has 0 saturated heterocycles. The molecule has 3 heterocycles. The van der Waals surface area contributed by atoms with Gasteiger partial charge in [0.1, 0.15) is 0 Å². The number of hydrogen-bond acceptors (Lipinski definition) is 2. The third-order valence-corrected chi connectivity index (χ3v) is 11.4. The number of rotatable bonds is 1. The van der Waals surface area contributed by atoms with Crippen LogP contribution in [0.1, 0.15) is 41.5 Å². The van der Waals surface area contributed by atoms with E-state index in [1.807, 2.05) is 11.3 Å². The van der Waals surface area contributed by atoms with Gasteiger partial charge in [-0.3, -0.25) is 5.32 Å². The first-order chi connectivity index (χ1) is 22.1. The summed E-state index contributed by atoms with van der Waals surface area (Å²) in [5.74, 6) is 0.985. The van der Waals surface area contributed by atoms with Crippen LogP contribution < -0.4 is 5.32 Å². The molecule has 10 rings (SSSR count). The molecule has 1 aliphatic heterocycles. The van der Waals surface area contributed by atoms with E-state index in [0.717, 1.165) is 11.6 Å². The molecule has 6 aromatic carbocycles. The first-order valence-electron chi connectivity index (χ1n) is 15.7. The van der Waals surface area contributed by atoms with Crippen molar-refractivity contribution in [1.29, 1.82) is 0 Å². The number of aromatic nitrogens is 1. The predicted octanol–water partition coefficient (Wildman–Crippen LogP) is 9.67. The summed E-state index contributed by atoms with van der Waals surface area (Å²) in [4.78, 5) is 6.81. The van der Waals surface area contributed by atoms with Gasteiger partial charge in [-0.25, -0.2) is 4.57 Å². The molecule has 2 aliphatic rings. The molecule has 1 atom stereocenters. The van der Waals surface area contributed by atoms with Crippen molar-refractivity contribution >= 4 is 65.6 Å². The van der Waals surface area contributed by atoms with Crippen LogP contribution in [-0.4, -0.2) is 10.5 Å². The van der Waals surface area contributed by atoms with E-state index < -0.39 is 0 Å². The van der Waals surface area contributed by atoms with Gasteiger partial charge in [-0.15, -0.1) is 11.3 Å². The Morgan fingerprint density at radius 1 is 0.644 bits per heavy atom. The Balaban J connectivity index is 1.23. The summed E-state index contributed by atoms with van der Waals surface area (Å²) >= 11 is 1.88. The Labute approximate surface area is 265 Å². The summed E-state index contributed by atoms with van der Waals surface area (Å²) in [6, 6.07) is 47.1. The normalized spacial score (nSPS) is 16.7. The van der Waals surface area contributed by atoms with Crippen LogP contribution in [0, 0.1) is 0 Å². The first kappa shape index (κ1) is 25.3. The Hall–Kier alpha value is -5.03. The molecular formula is C41H30N3S+. The monoisotopic (exact) mass is 596 g/mol. The van der Waals surface area contributed by atoms with Crippen LogP contribution in [0.2, 0.25) is 0 Å². The molecule has 4 heteroatoms. The van der Waals surface area contributed by atoms with Gasteiger partial charge < -0.3 is 0 Å². The molecule has 0 fully saturated rings. The van der Waals surface area contributed by atoms with Crippen LogP contribution in [0.3, 0.4) is 0 Å². The highest BCUT2D eigenvalue weighted by Crippen LogP contribution is 2.50. The lowest BCUT2D eigenvalue weighted by Crippen LogP contribution is -2.91. The van der Waals surface area contributed by atoms with Gasteiger partial charge in [-0.1, -0.05) is 111 Å². The second-order valence-corrected chi connectivity index (χ2v) is 14.1. The number of hydrogen-bond donors (Lipinski definition) is 1. The second-order valence-electron chi connectivity index (χ2n) is 13.0. The molecular weight excluding hydrogens is 567 g/mol. The molecule has 0 amide bonds. The number of nitrogens with zero attached hydrogens (tertiary/aromatic N) is 2. The maximum atomic E-state index is 5.50. The fraction of sp³-hybridized carbons (Fsp3) is 0.0976. The van der Waals surface area contributed by atoms with Crippen molar-refractivity contribution in [2.75, 3.05) is 0 Å². The molecule has 1 unspecified atom stereocenters. The van der Waals surface area contributed by atoms with E-state index in [0.29, 0.717) is 0 Å². The first-order valence-corrected chi connectivity index (χ1v) is 16.5. The largest absolute Gasteiger partial charge is 0.312 e. The minimum atomic E-state index is -0.0120. The zero-order chi connectivity index (χ0) is 29.9. The fourth-order valence-electron chi connectivity index (χ4n) is 7.96. The highest BCUT2D eigenvalue weighted by molar-refractivity contribution is 7.19. The zero-order valence-corrected chi connectivity index (χ0v) is 25.9. The third kappa shape index (κ3) is 3.47. The molecule has 2 aromatic heterocycles. The Morgan fingerprint density at radius 2 is 1.36 bits per heavy atom. The number of para-hydroxylation sites is 1. The number of fused-ring (bicyclic) bond motifs is 10. The summed E-state index contributed by atoms with van der Waals surface area (Å²) in [5.41, 5.74) is 10.3. The third-order valence-electron chi connectivity index (χ3n) is 10.2. The molecule has 214 valence electrons. The van der Waals surface area contributed by atoms with Crippen LogP contribution in [0.15, 0.2) is 132 Å². The van der Waals surface area contributed by atoms with E-state index in [1.54, 1.807) is 0 Å². The maximum absolute atomic E-state index is 5.50. The minimum absolute atomic E-state index is 0.0120. The highest BCUT2D eigenvalue weighted by Gasteiger charge is 2.38. The summed E-state index contributed by atoms with van der Waals surface area (Å²) < 4.78 is 3.68. The van der Waals surface area contributed by atoms with Crippen molar-refractivity contribution in [3.63, 3.8) is 0 Å². The zero-order valence-electron chi connectivity index (χ0n) is 25.1. The highest BCUT2D eigenvalue weighted by atomic mass is 32.1. The van der Waals surface area contributed by atoms with Crippen LogP contribution in [0.25, 0.3) is 53.8 Å². The second kappa shape index (κ2) is 9.01. The number of quaternary nitrogens is 1. The van der Waals surface area contributed by atoms with Gasteiger partial charge in [0, 0.05) is 31.8 Å². The van der Waals surface area contributed by atoms with E-state index in [4.69, 9.17) is 4.99 Å². The van der Waals surface area contributed by atoms with E-state index >= 15 is 0 Å². The summed E-state index contributed by atoms with van der Waals surface area (Å²) in [5, 5.41) is 8.65. The van der Waals surface area contributed by atoms with Crippen LogP contribution in [0.4, 0.5) is 5.69 Å². The number of aliphatic imine (C=N–C) groups is 1. The van der Waals surface area contributed by atoms with Gasteiger partial charge >= 0.3 is 5.96 Å². The van der Waals surface area contributed by atoms with Crippen molar-refractivity contribution in [1.82, 2.24) is 4.57 Å². The smallest absolute Gasteiger partial charge is 0.270 e. The topological polar surface area (TPSA) is 33.9 Å². The van der Waals surface area contributed by atoms with Gasteiger partial charge in [0.15, 0.2) is 6.04 Å². The summed E-state index contributed by atoms with van der Waals surface area (Å²) in [6.07, 6.45) is 0. The average Bonchev–Trinajstić information content (AvgIpc) is 3.69. The molecule has 8 aromatic rings. The lowest BCUT2D eigenvalue weighted by molar-refractivity contribution is -0.581. The fourth-order valence-corrected chi connectivity index (χ4v) is 9.20. The average molecular weight is 597 g/mol. The molecule has 45 heavy (non-hydrogen) atoms. The van der Waals surface area contributed by atoms with E-state index in [1.165, 1.54) is 75.4 Å². The lowest BCUT2D eigenvalue weighted by Gasteiger charge is -2.24. The Morgan fingerprint density at radius 3 is 2.24 bits per heavy atom. The van der Waals surface area contributed by atoms with Crippen molar-refractivity contribution in [3.05, 3.63) is 149 Å². The van der Waals surface area contributed by atoms with Gasteiger partial charge in [0.25, 0.3) is 0 Å². The van der Waals surface area contributed by atoms with Crippen molar-refractivity contribution in [2.45, 2.75) is 25.3 Å². The van der Waals surface area contributed by atoms with Crippen LogP contribution in [0.5, 0.6) is 0 Å². The minimum Gasteiger partial charge on any atom is -0.270 e. The number of nitrogens with two attached hydrogens (primary N) is 1. The molecule has 0 spiro atoms. The van der Waals surface area contributed by atoms with Gasteiger partial charge in [-0.05, 0) is 63.4 Å². The molecule has 0 saturated carbocycles. The van der Waals surface area contributed by atoms with E-state index in [2.05, 4.69) is 151 Å². The van der Waals surface area contributed by atoms with E-state index in [-0.39, 0.29) is 11.5 Å². The molecule has 2 N–H and O–H groups in total. The molecule has 0 bridgehead atoms. The van der Waals surface area contributed by atoms with Crippen molar-refractivity contribution < 1.29 is 5.32 Å². The van der Waals surface area contributed by atoms with Gasteiger partial charge in [0.2, 0.25) is 0 Å². The lowest BCUT2D eigenvalue weighted by atomic mass is 9.82. The summed E-state index contributed by atoms with van der Waals surface area (Å²) in [7, 11) is 0. The number of benzene rings is 6. The molecule has 1 aliphatic carbocycles. The van der Waals surface area contributed by atoms with Crippen molar-refractivity contribution in [3.8, 4) is 11.1 Å². The summed E-state index contributed by atoms with van der Waals surface area (Å²) in [6.45, 7) is 4.70. The van der Waals surface area contributed by atoms with Gasteiger partial charge in [0.05, 0.1) is 21.6 Å². The van der Waals surface area contributed by atoms with Crippen LogP contribution in [-0.2, 0) is 5.41 Å².